The average Bonchev–Trinajstić information content (AvgIpc) is 2.87. The lowest BCUT2D eigenvalue weighted by molar-refractivity contribution is 1.15. The Kier molecular flexibility index (Phi) is 2.28. The molecule has 1 aliphatic carbocycles. The second-order valence-electron chi connectivity index (χ2n) is 4.09. The van der Waals surface area contributed by atoms with Crippen LogP contribution in [0.2, 0.25) is 0 Å². The normalized spacial score (nSPS) is 15.3. The molecule has 0 radical (unpaired) electrons. The van der Waals surface area contributed by atoms with Crippen LogP contribution < -0.4 is 5.32 Å². The van der Waals surface area contributed by atoms with E-state index in [0.29, 0.717) is 11.8 Å². The van der Waals surface area contributed by atoms with Crippen LogP contribution in [0.1, 0.15) is 30.9 Å². The van der Waals surface area contributed by atoms with Gasteiger partial charge in [0.1, 0.15) is 0 Å². The van der Waals surface area contributed by atoms with Crippen molar-refractivity contribution in [1.29, 1.82) is 5.41 Å². The van der Waals surface area contributed by atoms with E-state index in [9.17, 15) is 0 Å². The van der Waals surface area contributed by atoms with Crippen molar-refractivity contribution in [3.63, 3.8) is 0 Å². The van der Waals surface area contributed by atoms with Gasteiger partial charge in [0, 0.05) is 23.0 Å². The Bertz CT molecular complexity index is 365. The minimum atomic E-state index is 0.633. The Morgan fingerprint density at radius 2 is 2.14 bits per heavy atom. The van der Waals surface area contributed by atoms with E-state index in [4.69, 9.17) is 5.41 Å². The highest BCUT2D eigenvalue weighted by atomic mass is 15.0. The van der Waals surface area contributed by atoms with Gasteiger partial charge < -0.3 is 10.7 Å². The van der Waals surface area contributed by atoms with Gasteiger partial charge >= 0.3 is 0 Å². The van der Waals surface area contributed by atoms with E-state index < -0.39 is 0 Å². The van der Waals surface area contributed by atoms with Crippen LogP contribution in [0.25, 0.3) is 0 Å². The fourth-order valence-electron chi connectivity index (χ4n) is 1.55. The predicted molar refractivity (Wildman–Crippen MR) is 60.3 cm³/mol. The third kappa shape index (κ3) is 1.95. The zero-order valence-electron chi connectivity index (χ0n) is 8.72. The predicted octanol–water partition coefficient (Wildman–Crippen LogP) is 2.96. The lowest BCUT2D eigenvalue weighted by atomic mass is 10.1. The van der Waals surface area contributed by atoms with Crippen LogP contribution in [0.4, 0.5) is 5.69 Å². The quantitative estimate of drug-likeness (QED) is 0.703. The van der Waals surface area contributed by atoms with Crippen LogP contribution in [0.15, 0.2) is 18.2 Å². The zero-order chi connectivity index (χ0) is 10.1. The summed E-state index contributed by atoms with van der Waals surface area (Å²) in [5.41, 5.74) is 4.04. The molecule has 0 aromatic heterocycles. The summed E-state index contributed by atoms with van der Waals surface area (Å²) in [6.07, 6.45) is 2.54. The zero-order valence-corrected chi connectivity index (χ0v) is 8.72. The Labute approximate surface area is 84.9 Å². The first-order chi connectivity index (χ1) is 6.66. The van der Waals surface area contributed by atoms with E-state index in [2.05, 4.69) is 24.4 Å². The first kappa shape index (κ1) is 9.25. The van der Waals surface area contributed by atoms with Gasteiger partial charge in [-0.25, -0.2) is 0 Å². The highest BCUT2D eigenvalue weighted by molar-refractivity contribution is 6.01. The molecular formula is C12H16N2. The van der Waals surface area contributed by atoms with Gasteiger partial charge in [0.15, 0.2) is 0 Å². The number of anilines is 1. The molecule has 0 atom stereocenters. The molecule has 0 amide bonds. The highest BCUT2D eigenvalue weighted by Crippen LogP contribution is 2.27. The Balaban J connectivity index is 2.31. The van der Waals surface area contributed by atoms with Crippen molar-refractivity contribution in [1.82, 2.24) is 0 Å². The summed E-state index contributed by atoms with van der Waals surface area (Å²) in [6.45, 7) is 3.92. The third-order valence-electron chi connectivity index (χ3n) is 2.52. The maximum atomic E-state index is 7.67. The number of benzene rings is 1. The number of aryl methyl sites for hydroxylation is 1. The summed E-state index contributed by atoms with van der Waals surface area (Å²) in [4.78, 5) is 0. The van der Waals surface area contributed by atoms with Gasteiger partial charge in [-0.05, 0) is 38.3 Å². The molecule has 0 bridgehead atoms. The van der Waals surface area contributed by atoms with Crippen molar-refractivity contribution >= 4 is 11.4 Å². The molecule has 1 aromatic carbocycles. The fourth-order valence-corrected chi connectivity index (χ4v) is 1.55. The van der Waals surface area contributed by atoms with E-state index in [1.54, 1.807) is 0 Å². The largest absolute Gasteiger partial charge is 0.382 e. The van der Waals surface area contributed by atoms with Crippen LogP contribution in [-0.2, 0) is 0 Å². The van der Waals surface area contributed by atoms with Gasteiger partial charge in [-0.3, -0.25) is 0 Å². The second-order valence-corrected chi connectivity index (χ2v) is 4.09. The number of nitrogens with one attached hydrogen (secondary N) is 2. The molecule has 1 fully saturated rings. The SMILES string of the molecule is CC(=N)c1ccc(C)cc1NC1CC1. The lowest BCUT2D eigenvalue weighted by Gasteiger charge is -2.11. The molecule has 2 heteroatoms. The monoisotopic (exact) mass is 188 g/mol. The van der Waals surface area contributed by atoms with Gasteiger partial charge in [0.25, 0.3) is 0 Å². The smallest absolute Gasteiger partial charge is 0.0436 e. The maximum absolute atomic E-state index is 7.67. The van der Waals surface area contributed by atoms with E-state index in [-0.39, 0.29) is 0 Å². The number of hydrogen-bond donors (Lipinski definition) is 2. The van der Waals surface area contributed by atoms with Crippen molar-refractivity contribution in [2.45, 2.75) is 32.7 Å². The second kappa shape index (κ2) is 3.45. The summed E-state index contributed by atoms with van der Waals surface area (Å²) in [6, 6.07) is 6.87. The van der Waals surface area contributed by atoms with Crippen LogP contribution in [0.3, 0.4) is 0 Å². The van der Waals surface area contributed by atoms with Crippen molar-refractivity contribution < 1.29 is 0 Å². The molecule has 0 heterocycles. The van der Waals surface area contributed by atoms with Crippen molar-refractivity contribution in [3.8, 4) is 0 Å². The first-order valence-electron chi connectivity index (χ1n) is 5.09. The molecule has 1 aromatic rings. The summed E-state index contributed by atoms with van der Waals surface area (Å²) in [5.74, 6) is 0. The van der Waals surface area contributed by atoms with E-state index in [1.807, 2.05) is 13.0 Å². The number of hydrogen-bond acceptors (Lipinski definition) is 2. The average molecular weight is 188 g/mol. The fraction of sp³-hybridized carbons (Fsp3) is 0.417. The standard InChI is InChI=1S/C12H16N2/c1-8-3-6-11(9(2)13)12(7-8)14-10-4-5-10/h3,6-7,10,13-14H,4-5H2,1-2H3. The molecule has 0 spiro atoms. The van der Waals surface area contributed by atoms with Crippen LogP contribution in [-0.4, -0.2) is 11.8 Å². The number of rotatable bonds is 3. The molecule has 0 aliphatic heterocycles. The van der Waals surface area contributed by atoms with E-state index in [1.165, 1.54) is 18.4 Å². The lowest BCUT2D eigenvalue weighted by Crippen LogP contribution is -2.06. The van der Waals surface area contributed by atoms with Gasteiger partial charge in [-0.1, -0.05) is 12.1 Å². The van der Waals surface area contributed by atoms with Gasteiger partial charge in [0.05, 0.1) is 0 Å². The molecule has 2 N–H and O–H groups in total. The van der Waals surface area contributed by atoms with Crippen LogP contribution in [0.5, 0.6) is 0 Å². The van der Waals surface area contributed by atoms with Crippen molar-refractivity contribution in [2.75, 3.05) is 5.32 Å². The molecule has 0 saturated heterocycles. The van der Waals surface area contributed by atoms with E-state index in [0.717, 1.165) is 11.3 Å². The minimum absolute atomic E-state index is 0.633. The third-order valence-corrected chi connectivity index (χ3v) is 2.52. The Morgan fingerprint density at radius 3 is 2.71 bits per heavy atom. The van der Waals surface area contributed by atoms with Gasteiger partial charge in [-0.15, -0.1) is 0 Å². The van der Waals surface area contributed by atoms with Crippen molar-refractivity contribution in [3.05, 3.63) is 29.3 Å². The first-order valence-corrected chi connectivity index (χ1v) is 5.09. The maximum Gasteiger partial charge on any atom is 0.0436 e. The highest BCUT2D eigenvalue weighted by Gasteiger charge is 2.21. The van der Waals surface area contributed by atoms with Crippen LogP contribution >= 0.6 is 0 Å². The van der Waals surface area contributed by atoms with Gasteiger partial charge in [0.2, 0.25) is 0 Å². The summed E-state index contributed by atoms with van der Waals surface area (Å²) >= 11 is 0. The summed E-state index contributed by atoms with van der Waals surface area (Å²) in [5, 5.41) is 11.1. The summed E-state index contributed by atoms with van der Waals surface area (Å²) < 4.78 is 0. The molecule has 14 heavy (non-hydrogen) atoms. The summed E-state index contributed by atoms with van der Waals surface area (Å²) in [7, 11) is 0. The molecule has 2 nitrogen and oxygen atoms in total. The molecule has 2 rings (SSSR count). The molecule has 74 valence electrons. The minimum Gasteiger partial charge on any atom is -0.382 e. The van der Waals surface area contributed by atoms with E-state index >= 15 is 0 Å². The molecule has 0 unspecified atom stereocenters. The van der Waals surface area contributed by atoms with Crippen LogP contribution in [0, 0.1) is 12.3 Å². The van der Waals surface area contributed by atoms with Crippen molar-refractivity contribution in [2.24, 2.45) is 0 Å². The molecule has 1 aliphatic rings. The van der Waals surface area contributed by atoms with Gasteiger partial charge in [-0.2, -0.15) is 0 Å². The Hall–Kier alpha value is -1.31. The molecular weight excluding hydrogens is 172 g/mol. The molecule has 1 saturated carbocycles. The Morgan fingerprint density at radius 1 is 1.43 bits per heavy atom. The topological polar surface area (TPSA) is 35.9 Å².